The number of halogens is 1. The smallest absolute Gasteiger partial charge is 0.245 e. The molecule has 1 aliphatic rings. The molecule has 0 aliphatic carbocycles. The van der Waals surface area contributed by atoms with Crippen LogP contribution in [0.5, 0.6) is 0 Å². The lowest BCUT2D eigenvalue weighted by Crippen LogP contribution is -2.43. The number of carbonyl (C=O) groups excluding carboxylic acids is 1. The Hall–Kier alpha value is -2.17. The van der Waals surface area contributed by atoms with E-state index in [1.165, 1.54) is 10.6 Å². The second-order valence-corrected chi connectivity index (χ2v) is 6.82. The van der Waals surface area contributed by atoms with Gasteiger partial charge >= 0.3 is 0 Å². The molecule has 0 fully saturated rings. The summed E-state index contributed by atoms with van der Waals surface area (Å²) in [5, 5.41) is 17.2. The normalized spacial score (nSPS) is 19.8. The van der Waals surface area contributed by atoms with E-state index in [9.17, 15) is 9.90 Å². The maximum atomic E-state index is 12.7. The Morgan fingerprint density at radius 1 is 1.20 bits per heavy atom. The van der Waals surface area contributed by atoms with Gasteiger partial charge in [-0.1, -0.05) is 54.1 Å². The molecule has 1 N–H and O–H groups in total. The fraction of sp³-hybridized carbons (Fsp3) is 0.300. The van der Waals surface area contributed by atoms with E-state index in [1.54, 1.807) is 24.3 Å². The molecule has 5 heteroatoms. The molecule has 3 rings (SSSR count). The van der Waals surface area contributed by atoms with Crippen molar-refractivity contribution in [3.05, 3.63) is 70.7 Å². The Bertz CT molecular complexity index is 774. The molecule has 0 radical (unpaired) electrons. The van der Waals surface area contributed by atoms with Crippen LogP contribution < -0.4 is 0 Å². The van der Waals surface area contributed by atoms with E-state index in [-0.39, 0.29) is 5.91 Å². The molecule has 130 valence electrons. The van der Waals surface area contributed by atoms with Crippen LogP contribution in [-0.2, 0) is 16.9 Å². The van der Waals surface area contributed by atoms with Gasteiger partial charge in [-0.25, -0.2) is 0 Å². The van der Waals surface area contributed by atoms with Crippen molar-refractivity contribution >= 4 is 23.2 Å². The van der Waals surface area contributed by atoms with Crippen molar-refractivity contribution in [2.75, 3.05) is 0 Å². The Morgan fingerprint density at radius 3 is 2.56 bits per heavy atom. The van der Waals surface area contributed by atoms with Crippen molar-refractivity contribution in [1.29, 1.82) is 0 Å². The molecule has 25 heavy (non-hydrogen) atoms. The molecule has 2 aromatic carbocycles. The predicted molar refractivity (Wildman–Crippen MR) is 99.3 cm³/mol. The van der Waals surface area contributed by atoms with Crippen molar-refractivity contribution in [3.63, 3.8) is 0 Å². The van der Waals surface area contributed by atoms with Gasteiger partial charge in [0.2, 0.25) is 5.91 Å². The summed E-state index contributed by atoms with van der Waals surface area (Å²) in [6.07, 6.45) is 2.17. The molecule has 2 aromatic rings. The number of aryl methyl sites for hydroxylation is 1. The average Bonchev–Trinajstić information content (AvgIpc) is 2.92. The van der Waals surface area contributed by atoms with E-state index in [4.69, 9.17) is 11.6 Å². The van der Waals surface area contributed by atoms with E-state index in [2.05, 4.69) is 5.10 Å². The third-order valence-corrected chi connectivity index (χ3v) is 4.62. The zero-order chi connectivity index (χ0) is 17.9. The van der Waals surface area contributed by atoms with Crippen LogP contribution in [0.15, 0.2) is 59.7 Å². The zero-order valence-corrected chi connectivity index (χ0v) is 14.9. The molecular weight excluding hydrogens is 336 g/mol. The number of rotatable bonds is 5. The first-order chi connectivity index (χ1) is 12.0. The molecule has 0 spiro atoms. The van der Waals surface area contributed by atoms with Crippen molar-refractivity contribution in [1.82, 2.24) is 5.01 Å². The van der Waals surface area contributed by atoms with Crippen LogP contribution in [0.3, 0.4) is 0 Å². The topological polar surface area (TPSA) is 52.9 Å². The molecular formula is C20H21ClN2O2. The summed E-state index contributed by atoms with van der Waals surface area (Å²) < 4.78 is 0. The first-order valence-corrected chi connectivity index (χ1v) is 8.76. The van der Waals surface area contributed by atoms with Gasteiger partial charge in [-0.3, -0.25) is 4.79 Å². The maximum Gasteiger partial charge on any atom is 0.245 e. The molecule has 1 aliphatic heterocycles. The molecule has 1 atom stereocenters. The quantitative estimate of drug-likeness (QED) is 0.876. The van der Waals surface area contributed by atoms with Gasteiger partial charge < -0.3 is 5.11 Å². The van der Waals surface area contributed by atoms with E-state index in [0.29, 0.717) is 29.8 Å². The summed E-state index contributed by atoms with van der Waals surface area (Å²) in [5.41, 5.74) is 1.12. The SMILES string of the molecule is CC1=NN(C(=O)CCCc2ccccc2)[C@](O)(c2ccc(Cl)cc2)C1. The molecule has 0 bridgehead atoms. The van der Waals surface area contributed by atoms with Gasteiger partial charge in [0.05, 0.1) is 0 Å². The number of hydrazone groups is 1. The van der Waals surface area contributed by atoms with Crippen LogP contribution in [0, 0.1) is 0 Å². The lowest BCUT2D eigenvalue weighted by atomic mass is 9.97. The molecule has 0 saturated carbocycles. The van der Waals surface area contributed by atoms with Crippen molar-refractivity contribution in [3.8, 4) is 0 Å². The summed E-state index contributed by atoms with van der Waals surface area (Å²) in [7, 11) is 0. The van der Waals surface area contributed by atoms with Crippen molar-refractivity contribution < 1.29 is 9.90 Å². The Morgan fingerprint density at radius 2 is 1.88 bits per heavy atom. The molecule has 0 aromatic heterocycles. The minimum atomic E-state index is -1.43. The fourth-order valence-corrected chi connectivity index (χ4v) is 3.24. The highest BCUT2D eigenvalue weighted by Crippen LogP contribution is 2.36. The molecule has 1 heterocycles. The van der Waals surface area contributed by atoms with Gasteiger partial charge in [0, 0.05) is 29.1 Å². The predicted octanol–water partition coefficient (Wildman–Crippen LogP) is 4.12. The van der Waals surface area contributed by atoms with Crippen molar-refractivity contribution in [2.24, 2.45) is 5.10 Å². The number of hydrogen-bond acceptors (Lipinski definition) is 3. The second-order valence-electron chi connectivity index (χ2n) is 6.38. The van der Waals surface area contributed by atoms with Gasteiger partial charge in [-0.2, -0.15) is 10.1 Å². The molecule has 1 amide bonds. The van der Waals surface area contributed by atoms with Crippen LogP contribution in [0.4, 0.5) is 0 Å². The third-order valence-electron chi connectivity index (χ3n) is 4.37. The number of benzene rings is 2. The summed E-state index contributed by atoms with van der Waals surface area (Å²) in [4.78, 5) is 12.7. The van der Waals surface area contributed by atoms with E-state index in [0.717, 1.165) is 12.1 Å². The van der Waals surface area contributed by atoms with E-state index in [1.807, 2.05) is 37.3 Å². The number of nitrogens with zero attached hydrogens (tertiary/aromatic N) is 2. The third kappa shape index (κ3) is 3.91. The molecule has 0 unspecified atom stereocenters. The van der Waals surface area contributed by atoms with Crippen molar-refractivity contribution in [2.45, 2.75) is 38.3 Å². The van der Waals surface area contributed by atoms with Crippen LogP contribution in [0.1, 0.15) is 37.3 Å². The highest BCUT2D eigenvalue weighted by Gasteiger charge is 2.44. The largest absolute Gasteiger partial charge is 0.365 e. The number of aliphatic hydroxyl groups is 1. The van der Waals surface area contributed by atoms with Gasteiger partial charge in [0.1, 0.15) is 0 Å². The summed E-state index contributed by atoms with van der Waals surface area (Å²) in [5.74, 6) is -0.176. The average molecular weight is 357 g/mol. The molecule has 0 saturated heterocycles. The van der Waals surface area contributed by atoms with Crippen LogP contribution in [0.25, 0.3) is 0 Å². The lowest BCUT2D eigenvalue weighted by Gasteiger charge is -2.31. The fourth-order valence-electron chi connectivity index (χ4n) is 3.12. The van der Waals surface area contributed by atoms with E-state index >= 15 is 0 Å². The monoisotopic (exact) mass is 356 g/mol. The minimum Gasteiger partial charge on any atom is -0.365 e. The summed E-state index contributed by atoms with van der Waals surface area (Å²) in [6, 6.07) is 16.9. The van der Waals surface area contributed by atoms with Gasteiger partial charge in [0.25, 0.3) is 0 Å². The summed E-state index contributed by atoms with van der Waals surface area (Å²) >= 11 is 5.93. The first kappa shape index (κ1) is 17.6. The zero-order valence-electron chi connectivity index (χ0n) is 14.2. The van der Waals surface area contributed by atoms with Gasteiger partial charge in [-0.05, 0) is 37.5 Å². The van der Waals surface area contributed by atoms with Gasteiger partial charge in [0.15, 0.2) is 5.72 Å². The van der Waals surface area contributed by atoms with E-state index < -0.39 is 5.72 Å². The van der Waals surface area contributed by atoms with Gasteiger partial charge in [-0.15, -0.1) is 0 Å². The minimum absolute atomic E-state index is 0.176. The first-order valence-electron chi connectivity index (χ1n) is 8.38. The van der Waals surface area contributed by atoms with Crippen LogP contribution in [-0.4, -0.2) is 21.7 Å². The Balaban J connectivity index is 1.69. The highest BCUT2D eigenvalue weighted by molar-refractivity contribution is 6.30. The molecule has 4 nitrogen and oxygen atoms in total. The number of hydrogen-bond donors (Lipinski definition) is 1. The Kier molecular flexibility index (Phi) is 5.21. The van der Waals surface area contributed by atoms with Crippen LogP contribution >= 0.6 is 11.6 Å². The maximum absolute atomic E-state index is 12.7. The number of carbonyl (C=O) groups is 1. The van der Waals surface area contributed by atoms with Crippen LogP contribution in [0.2, 0.25) is 5.02 Å². The summed E-state index contributed by atoms with van der Waals surface area (Å²) in [6.45, 7) is 1.82. The lowest BCUT2D eigenvalue weighted by molar-refractivity contribution is -0.157. The highest BCUT2D eigenvalue weighted by atomic mass is 35.5. The standard InChI is InChI=1S/C20H21ClN2O2/c1-15-14-20(25,17-10-12-18(21)13-11-17)23(22-15)19(24)9-5-8-16-6-3-2-4-7-16/h2-4,6-7,10-13,25H,5,8-9,14H2,1H3/t20-/m1/s1. The Labute approximate surface area is 152 Å². The number of amides is 1. The second kappa shape index (κ2) is 7.38.